The zero-order chi connectivity index (χ0) is 17.1. The van der Waals surface area contributed by atoms with Crippen molar-refractivity contribution in [3.05, 3.63) is 29.3 Å². The molecule has 132 valence electrons. The van der Waals surface area contributed by atoms with E-state index >= 15 is 0 Å². The van der Waals surface area contributed by atoms with Gasteiger partial charge < -0.3 is 14.9 Å². The zero-order valence-electron chi connectivity index (χ0n) is 15.1. The Balaban J connectivity index is 1.66. The van der Waals surface area contributed by atoms with Crippen molar-refractivity contribution in [1.29, 1.82) is 0 Å². The predicted octanol–water partition coefficient (Wildman–Crippen LogP) is 3.66. The molecule has 2 saturated carbocycles. The molecule has 4 rings (SSSR count). The van der Waals surface area contributed by atoms with Crippen molar-refractivity contribution in [2.45, 2.75) is 70.5 Å². The van der Waals surface area contributed by atoms with Gasteiger partial charge in [-0.15, -0.1) is 0 Å². The van der Waals surface area contributed by atoms with Crippen LogP contribution in [-0.2, 0) is 6.42 Å². The van der Waals surface area contributed by atoms with Gasteiger partial charge in [-0.05, 0) is 92.4 Å². The first kappa shape index (κ1) is 16.4. The van der Waals surface area contributed by atoms with Gasteiger partial charge in [0, 0.05) is 0 Å². The molecule has 3 aliphatic carbocycles. The van der Waals surface area contributed by atoms with E-state index in [1.165, 1.54) is 11.1 Å². The highest BCUT2D eigenvalue weighted by Crippen LogP contribution is 2.63. The minimum atomic E-state index is -0.937. The summed E-state index contributed by atoms with van der Waals surface area (Å²) >= 11 is 0. The maximum atomic E-state index is 10.7. The molecule has 0 spiro atoms. The molecule has 3 heteroatoms. The van der Waals surface area contributed by atoms with Gasteiger partial charge in [-0.1, -0.05) is 13.0 Å². The zero-order valence-corrected chi connectivity index (χ0v) is 15.1. The first-order valence-corrected chi connectivity index (χ1v) is 9.53. The van der Waals surface area contributed by atoms with E-state index in [-0.39, 0.29) is 5.41 Å². The van der Waals surface area contributed by atoms with Gasteiger partial charge in [0.05, 0.1) is 18.3 Å². The Bertz CT molecular complexity index is 638. The van der Waals surface area contributed by atoms with Gasteiger partial charge in [0.15, 0.2) is 0 Å². The number of ether oxygens (including phenoxy) is 1. The summed E-state index contributed by atoms with van der Waals surface area (Å²) < 4.78 is 5.67. The van der Waals surface area contributed by atoms with Gasteiger partial charge in [0.2, 0.25) is 0 Å². The highest BCUT2D eigenvalue weighted by Gasteiger charge is 2.61. The molecule has 2 N–H and O–H groups in total. The van der Waals surface area contributed by atoms with E-state index < -0.39 is 11.7 Å². The van der Waals surface area contributed by atoms with E-state index in [4.69, 9.17) is 4.74 Å². The van der Waals surface area contributed by atoms with Crippen molar-refractivity contribution in [3.8, 4) is 5.75 Å². The molecule has 1 aromatic carbocycles. The number of hydrogen-bond donors (Lipinski definition) is 2. The Kier molecular flexibility index (Phi) is 3.74. The monoisotopic (exact) mass is 330 g/mol. The van der Waals surface area contributed by atoms with Crippen LogP contribution in [0.15, 0.2) is 18.2 Å². The van der Waals surface area contributed by atoms with Crippen LogP contribution in [0.25, 0.3) is 0 Å². The lowest BCUT2D eigenvalue weighted by molar-refractivity contribution is -0.0903. The van der Waals surface area contributed by atoms with Crippen molar-refractivity contribution in [1.82, 2.24) is 0 Å². The van der Waals surface area contributed by atoms with Gasteiger partial charge in [0.1, 0.15) is 5.75 Å². The van der Waals surface area contributed by atoms with Gasteiger partial charge in [-0.2, -0.15) is 0 Å². The molecule has 3 aliphatic rings. The summed E-state index contributed by atoms with van der Waals surface area (Å²) in [5, 5.41) is 21.4. The molecule has 2 fully saturated rings. The van der Waals surface area contributed by atoms with Crippen LogP contribution in [0.5, 0.6) is 5.75 Å². The predicted molar refractivity (Wildman–Crippen MR) is 94.2 cm³/mol. The van der Waals surface area contributed by atoms with E-state index in [1.54, 1.807) is 0 Å². The Labute approximate surface area is 145 Å². The van der Waals surface area contributed by atoms with Crippen LogP contribution < -0.4 is 4.74 Å². The molecule has 2 unspecified atom stereocenters. The number of rotatable bonds is 2. The van der Waals surface area contributed by atoms with Crippen LogP contribution >= 0.6 is 0 Å². The van der Waals surface area contributed by atoms with E-state index in [0.717, 1.165) is 37.9 Å². The van der Waals surface area contributed by atoms with Crippen molar-refractivity contribution in [3.63, 3.8) is 0 Å². The quantitative estimate of drug-likeness (QED) is 0.870. The average Bonchev–Trinajstić information content (AvgIpc) is 2.74. The largest absolute Gasteiger partial charge is 0.494 e. The molecule has 0 saturated heterocycles. The third kappa shape index (κ3) is 2.24. The molecule has 6 atom stereocenters. The van der Waals surface area contributed by atoms with Crippen molar-refractivity contribution < 1.29 is 14.9 Å². The molecule has 24 heavy (non-hydrogen) atoms. The second-order valence-corrected chi connectivity index (χ2v) is 8.72. The second-order valence-electron chi connectivity index (χ2n) is 8.72. The summed E-state index contributed by atoms with van der Waals surface area (Å²) in [6, 6.07) is 6.60. The third-order valence-corrected chi connectivity index (χ3v) is 7.29. The van der Waals surface area contributed by atoms with Gasteiger partial charge in [0.25, 0.3) is 0 Å². The highest BCUT2D eigenvalue weighted by molar-refractivity contribution is 5.41. The molecular formula is C21H30O3. The molecule has 0 aromatic heterocycles. The van der Waals surface area contributed by atoms with Crippen LogP contribution in [0.1, 0.15) is 63.5 Å². The second kappa shape index (κ2) is 5.47. The van der Waals surface area contributed by atoms with Crippen LogP contribution in [-0.4, -0.2) is 28.5 Å². The SMILES string of the molecule is CCOc1ccc2c(c1)CC[C@@H]1[C@@H]2CC[C@]2(C)C(O)C(C)(O)C[C@@H]12. The maximum absolute atomic E-state index is 10.7. The van der Waals surface area contributed by atoms with Crippen molar-refractivity contribution in [2.75, 3.05) is 6.61 Å². The summed E-state index contributed by atoms with van der Waals surface area (Å²) in [7, 11) is 0. The molecular weight excluding hydrogens is 300 g/mol. The molecule has 0 radical (unpaired) electrons. The molecule has 0 aliphatic heterocycles. The lowest BCUT2D eigenvalue weighted by Crippen LogP contribution is -2.46. The highest BCUT2D eigenvalue weighted by atomic mass is 16.5. The number of aliphatic hydroxyl groups excluding tert-OH is 1. The van der Waals surface area contributed by atoms with Gasteiger partial charge in [-0.25, -0.2) is 0 Å². The van der Waals surface area contributed by atoms with Crippen LogP contribution in [0, 0.1) is 17.3 Å². The van der Waals surface area contributed by atoms with Crippen LogP contribution in [0.3, 0.4) is 0 Å². The summed E-state index contributed by atoms with van der Waals surface area (Å²) in [6.45, 7) is 6.75. The maximum Gasteiger partial charge on any atom is 0.119 e. The lowest BCUT2D eigenvalue weighted by atomic mass is 9.55. The number of hydrogen-bond acceptors (Lipinski definition) is 3. The van der Waals surface area contributed by atoms with E-state index in [1.807, 2.05) is 13.8 Å². The third-order valence-electron chi connectivity index (χ3n) is 7.29. The molecule has 0 amide bonds. The van der Waals surface area contributed by atoms with Gasteiger partial charge >= 0.3 is 0 Å². The molecule has 1 aromatic rings. The van der Waals surface area contributed by atoms with Crippen molar-refractivity contribution >= 4 is 0 Å². The number of aliphatic hydroxyl groups is 2. The Morgan fingerprint density at radius 1 is 1.25 bits per heavy atom. The minimum absolute atomic E-state index is 0.132. The summed E-state index contributed by atoms with van der Waals surface area (Å²) in [4.78, 5) is 0. The van der Waals surface area contributed by atoms with E-state index in [2.05, 4.69) is 25.1 Å². The smallest absolute Gasteiger partial charge is 0.119 e. The molecule has 0 bridgehead atoms. The summed E-state index contributed by atoms with van der Waals surface area (Å²) in [5.74, 6) is 2.55. The standard InChI is InChI=1S/C21H30O3/c1-4-24-14-6-8-15-13(11-14)5-7-17-16(15)9-10-20(2)18(17)12-21(3,23)19(20)22/h6,8,11,16-19,22-23H,4-5,7,9-10,12H2,1-3H3/t16-,17-,18+,19?,20+,21?/m1/s1. The van der Waals surface area contributed by atoms with E-state index in [0.29, 0.717) is 24.4 Å². The lowest BCUT2D eigenvalue weighted by Gasteiger charge is -2.50. The normalized spacial score (nSPS) is 43.7. The fraction of sp³-hybridized carbons (Fsp3) is 0.714. The number of benzene rings is 1. The van der Waals surface area contributed by atoms with Crippen molar-refractivity contribution in [2.24, 2.45) is 17.3 Å². The van der Waals surface area contributed by atoms with Crippen LogP contribution in [0.2, 0.25) is 0 Å². The Morgan fingerprint density at radius 2 is 2.04 bits per heavy atom. The summed E-state index contributed by atoms with van der Waals surface area (Å²) in [5.41, 5.74) is 1.86. The number of aryl methyl sites for hydroxylation is 1. The topological polar surface area (TPSA) is 49.7 Å². The summed E-state index contributed by atoms with van der Waals surface area (Å²) in [6.07, 6.45) is 4.50. The van der Waals surface area contributed by atoms with Crippen LogP contribution in [0.4, 0.5) is 0 Å². The average molecular weight is 330 g/mol. The fourth-order valence-electron chi connectivity index (χ4n) is 6.15. The molecule has 3 nitrogen and oxygen atoms in total. The first-order chi connectivity index (χ1) is 11.4. The Morgan fingerprint density at radius 3 is 2.79 bits per heavy atom. The Hall–Kier alpha value is -1.06. The minimum Gasteiger partial charge on any atom is -0.494 e. The van der Waals surface area contributed by atoms with E-state index in [9.17, 15) is 10.2 Å². The number of fused-ring (bicyclic) bond motifs is 5. The fourth-order valence-corrected chi connectivity index (χ4v) is 6.15. The van der Waals surface area contributed by atoms with Gasteiger partial charge in [-0.3, -0.25) is 0 Å². The molecule has 0 heterocycles. The first-order valence-electron chi connectivity index (χ1n) is 9.53.